The largest absolute Gasteiger partial charge is 0.445 e. The van der Waals surface area contributed by atoms with E-state index < -0.39 is 14.9 Å². The highest BCUT2D eigenvalue weighted by molar-refractivity contribution is 7.89. The van der Waals surface area contributed by atoms with E-state index in [9.17, 15) is 23.3 Å². The fraction of sp³-hybridized carbons (Fsp3) is 0.424. The van der Waals surface area contributed by atoms with Crippen molar-refractivity contribution in [3.63, 3.8) is 0 Å². The Hall–Kier alpha value is -3.80. The number of carbonyl (C=O) groups excluding carboxylic acids is 1. The molecule has 44 heavy (non-hydrogen) atoms. The lowest BCUT2D eigenvalue weighted by Gasteiger charge is -2.38. The highest BCUT2D eigenvalue weighted by Gasteiger charge is 2.30. The Balaban J connectivity index is 1.32. The number of amides is 1. The van der Waals surface area contributed by atoms with Crippen LogP contribution in [-0.2, 0) is 21.4 Å². The number of nitro groups is 1. The van der Waals surface area contributed by atoms with Gasteiger partial charge in [0.25, 0.3) is 5.69 Å². The van der Waals surface area contributed by atoms with Crippen LogP contribution in [-0.4, -0.2) is 79.4 Å². The van der Waals surface area contributed by atoms with Gasteiger partial charge in [0.1, 0.15) is 6.61 Å². The van der Waals surface area contributed by atoms with Crippen LogP contribution in [0.4, 0.5) is 10.5 Å². The van der Waals surface area contributed by atoms with Gasteiger partial charge < -0.3 is 14.5 Å². The van der Waals surface area contributed by atoms with Gasteiger partial charge in [-0.3, -0.25) is 10.1 Å². The molecule has 10 nitrogen and oxygen atoms in total. The van der Waals surface area contributed by atoms with Gasteiger partial charge in [0.05, 0.1) is 9.82 Å². The lowest BCUT2D eigenvalue weighted by Crippen LogP contribution is -2.48. The first kappa shape index (κ1) is 33.1. The van der Waals surface area contributed by atoms with Crippen LogP contribution in [0.3, 0.4) is 0 Å². The Labute approximate surface area is 260 Å². The van der Waals surface area contributed by atoms with Crippen molar-refractivity contribution in [2.24, 2.45) is 0 Å². The van der Waals surface area contributed by atoms with Crippen molar-refractivity contribution in [1.82, 2.24) is 14.1 Å². The lowest BCUT2D eigenvalue weighted by atomic mass is 9.94. The third-order valence-electron chi connectivity index (χ3n) is 8.20. The first-order valence-corrected chi connectivity index (χ1v) is 16.6. The molecule has 1 aliphatic rings. The van der Waals surface area contributed by atoms with Crippen molar-refractivity contribution < 1.29 is 22.9 Å². The maximum Gasteiger partial charge on any atom is 0.410 e. The second-order valence-electron chi connectivity index (χ2n) is 11.2. The molecular formula is C33H42N4O6S. The van der Waals surface area contributed by atoms with Crippen molar-refractivity contribution in [3.05, 3.63) is 106 Å². The number of hydrogen-bond donors (Lipinski definition) is 0. The molecule has 1 fully saturated rings. The van der Waals surface area contributed by atoms with Crippen LogP contribution in [0.15, 0.2) is 89.8 Å². The number of nitrogens with zero attached hydrogens (tertiary/aromatic N) is 4. The van der Waals surface area contributed by atoms with E-state index in [1.54, 1.807) is 49.5 Å². The summed E-state index contributed by atoms with van der Waals surface area (Å²) in [6, 6.07) is 24.7. The van der Waals surface area contributed by atoms with E-state index in [1.807, 2.05) is 30.0 Å². The second kappa shape index (κ2) is 15.8. The minimum Gasteiger partial charge on any atom is -0.445 e. The molecule has 1 saturated heterocycles. The number of carbonyl (C=O) groups is 1. The van der Waals surface area contributed by atoms with Crippen molar-refractivity contribution in [2.75, 3.05) is 39.8 Å². The van der Waals surface area contributed by atoms with Crippen molar-refractivity contribution in [3.8, 4) is 0 Å². The predicted molar refractivity (Wildman–Crippen MR) is 170 cm³/mol. The molecule has 1 heterocycles. The van der Waals surface area contributed by atoms with E-state index in [0.29, 0.717) is 23.5 Å². The molecule has 1 amide bonds. The zero-order chi connectivity index (χ0) is 31.5. The molecule has 236 valence electrons. The summed E-state index contributed by atoms with van der Waals surface area (Å²) < 4.78 is 33.5. The van der Waals surface area contributed by atoms with E-state index in [1.165, 1.54) is 16.4 Å². The standard InChI is InChI=1S/C33H42N4O6S/c1-3-21-36(33(38)43-26-27-14-16-31(17-15-27)37(39)40)30-19-23-35(24-20-30)22-18-29(28-10-6-4-7-11-28)25-34(2)44(41,42)32-12-8-5-9-13-32/h4-17,29-30H,3,18-26H2,1-2H3/t29-/m1/s1. The smallest absolute Gasteiger partial charge is 0.410 e. The van der Waals surface area contributed by atoms with Gasteiger partial charge in [-0.05, 0) is 73.5 Å². The minimum atomic E-state index is -3.60. The summed E-state index contributed by atoms with van der Waals surface area (Å²) in [5.41, 5.74) is 1.81. The highest BCUT2D eigenvalue weighted by Crippen LogP contribution is 2.26. The molecule has 0 bridgehead atoms. The number of rotatable bonds is 14. The molecule has 0 radical (unpaired) electrons. The van der Waals surface area contributed by atoms with Gasteiger partial charge in [-0.15, -0.1) is 0 Å². The number of ether oxygens (including phenoxy) is 1. The van der Waals surface area contributed by atoms with Crippen LogP contribution in [0.5, 0.6) is 0 Å². The van der Waals surface area contributed by atoms with E-state index in [0.717, 1.165) is 50.9 Å². The third-order valence-corrected chi connectivity index (χ3v) is 10.0. The highest BCUT2D eigenvalue weighted by atomic mass is 32.2. The monoisotopic (exact) mass is 622 g/mol. The summed E-state index contributed by atoms with van der Waals surface area (Å²) in [6.07, 6.45) is 2.90. The van der Waals surface area contributed by atoms with E-state index in [4.69, 9.17) is 4.74 Å². The third kappa shape index (κ3) is 8.87. The first-order valence-electron chi connectivity index (χ1n) is 15.1. The van der Waals surface area contributed by atoms with E-state index >= 15 is 0 Å². The first-order chi connectivity index (χ1) is 21.2. The Morgan fingerprint density at radius 2 is 1.61 bits per heavy atom. The number of non-ortho nitro benzene ring substituents is 1. The topological polar surface area (TPSA) is 113 Å². The molecule has 0 aliphatic carbocycles. The van der Waals surface area contributed by atoms with Gasteiger partial charge in [-0.25, -0.2) is 17.5 Å². The molecule has 0 aromatic heterocycles. The molecule has 3 aromatic carbocycles. The summed E-state index contributed by atoms with van der Waals surface area (Å²) in [4.78, 5) is 28.0. The van der Waals surface area contributed by atoms with Crippen molar-refractivity contribution >= 4 is 21.8 Å². The van der Waals surface area contributed by atoms with Crippen LogP contribution < -0.4 is 0 Å². The van der Waals surface area contributed by atoms with Crippen LogP contribution in [0.25, 0.3) is 0 Å². The molecule has 1 aliphatic heterocycles. The summed E-state index contributed by atoms with van der Waals surface area (Å²) >= 11 is 0. The Bertz CT molecular complexity index is 1450. The maximum absolute atomic E-state index is 13.2. The number of benzene rings is 3. The van der Waals surface area contributed by atoms with Gasteiger partial charge in [0, 0.05) is 51.4 Å². The number of sulfonamides is 1. The quantitative estimate of drug-likeness (QED) is 0.162. The van der Waals surface area contributed by atoms with E-state index in [2.05, 4.69) is 17.0 Å². The predicted octanol–water partition coefficient (Wildman–Crippen LogP) is 5.90. The number of nitro benzene ring substituents is 1. The van der Waals surface area contributed by atoms with Crippen molar-refractivity contribution in [2.45, 2.75) is 56.1 Å². The molecule has 0 spiro atoms. The number of likely N-dealkylation sites (N-methyl/N-ethyl adjacent to an activating group) is 1. The maximum atomic E-state index is 13.2. The fourth-order valence-corrected chi connectivity index (χ4v) is 6.91. The van der Waals surface area contributed by atoms with Gasteiger partial charge in [-0.1, -0.05) is 55.5 Å². The van der Waals surface area contributed by atoms with Gasteiger partial charge in [0.15, 0.2) is 0 Å². The van der Waals surface area contributed by atoms with Crippen LogP contribution in [0, 0.1) is 10.1 Å². The molecule has 0 unspecified atom stereocenters. The van der Waals surface area contributed by atoms with Gasteiger partial charge in [-0.2, -0.15) is 0 Å². The fourth-order valence-electron chi connectivity index (χ4n) is 5.67. The summed E-state index contributed by atoms with van der Waals surface area (Å²) in [5, 5.41) is 10.9. The van der Waals surface area contributed by atoms with Crippen LogP contribution in [0.2, 0.25) is 0 Å². The zero-order valence-corrected chi connectivity index (χ0v) is 26.3. The van der Waals surface area contributed by atoms with E-state index in [-0.39, 0.29) is 30.3 Å². The second-order valence-corrected chi connectivity index (χ2v) is 13.3. The average Bonchev–Trinajstić information content (AvgIpc) is 3.05. The number of piperidine rings is 1. The zero-order valence-electron chi connectivity index (χ0n) is 25.5. The van der Waals surface area contributed by atoms with Gasteiger partial charge >= 0.3 is 6.09 Å². The molecule has 3 aromatic rings. The minimum absolute atomic E-state index is 0.00114. The van der Waals surface area contributed by atoms with Crippen LogP contribution in [0.1, 0.15) is 49.7 Å². The molecule has 4 rings (SSSR count). The average molecular weight is 623 g/mol. The van der Waals surface area contributed by atoms with Crippen molar-refractivity contribution in [1.29, 1.82) is 0 Å². The van der Waals surface area contributed by atoms with Crippen LogP contribution >= 0.6 is 0 Å². The number of likely N-dealkylation sites (tertiary alicyclic amines) is 1. The molecule has 0 N–H and O–H groups in total. The molecule has 11 heteroatoms. The molecular weight excluding hydrogens is 580 g/mol. The summed E-state index contributed by atoms with van der Waals surface area (Å²) in [5.74, 6) is 0.0309. The Morgan fingerprint density at radius 1 is 1.00 bits per heavy atom. The summed E-state index contributed by atoms with van der Waals surface area (Å²) in [7, 11) is -1.95. The number of hydrogen-bond acceptors (Lipinski definition) is 7. The Kier molecular flexibility index (Phi) is 11.9. The Morgan fingerprint density at radius 3 is 2.20 bits per heavy atom. The normalized spacial score (nSPS) is 15.2. The molecule has 1 atom stereocenters. The molecule has 0 saturated carbocycles. The van der Waals surface area contributed by atoms with Gasteiger partial charge in [0.2, 0.25) is 10.0 Å². The SMILES string of the molecule is CCCN(C(=O)OCc1ccc([N+](=O)[O-])cc1)C1CCN(CC[C@H](CN(C)S(=O)(=O)c2ccccc2)c2ccccc2)CC1. The lowest BCUT2D eigenvalue weighted by molar-refractivity contribution is -0.384. The summed E-state index contributed by atoms with van der Waals surface area (Å²) in [6.45, 7) is 5.56.